The van der Waals surface area contributed by atoms with Gasteiger partial charge in [0.05, 0.1) is 11.0 Å². The smallest absolute Gasteiger partial charge is 0.207 e. The number of sulfonamides is 1. The van der Waals surface area contributed by atoms with Crippen LogP contribution in [0.4, 0.5) is 8.78 Å². The van der Waals surface area contributed by atoms with Crippen molar-refractivity contribution in [3.63, 3.8) is 0 Å². The molecule has 1 aromatic carbocycles. The zero-order valence-electron chi connectivity index (χ0n) is 11.3. The molecule has 21 heavy (non-hydrogen) atoms. The van der Waals surface area contributed by atoms with Gasteiger partial charge in [-0.05, 0) is 37.3 Å². The average molecular weight is 332 g/mol. The van der Waals surface area contributed by atoms with Crippen molar-refractivity contribution < 1.29 is 17.2 Å². The van der Waals surface area contributed by atoms with E-state index < -0.39 is 26.4 Å². The van der Waals surface area contributed by atoms with Gasteiger partial charge in [-0.2, -0.15) is 9.57 Å². The third-order valence-electron chi connectivity index (χ3n) is 3.65. The first-order valence-corrected chi connectivity index (χ1v) is 8.93. The lowest BCUT2D eigenvalue weighted by atomic mass is 9.99. The van der Waals surface area contributed by atoms with E-state index in [9.17, 15) is 22.5 Å². The number of nitriles is 1. The fourth-order valence-electron chi connectivity index (χ4n) is 2.24. The van der Waals surface area contributed by atoms with Gasteiger partial charge in [-0.1, -0.05) is 0 Å². The largest absolute Gasteiger partial charge is 0.243 e. The van der Waals surface area contributed by atoms with Gasteiger partial charge in [0.25, 0.3) is 0 Å². The van der Waals surface area contributed by atoms with E-state index in [1.54, 1.807) is 0 Å². The predicted octanol–water partition coefficient (Wildman–Crippen LogP) is 2.37. The van der Waals surface area contributed by atoms with Crippen LogP contribution in [0.3, 0.4) is 0 Å². The van der Waals surface area contributed by atoms with E-state index in [1.807, 2.05) is 6.26 Å². The van der Waals surface area contributed by atoms with Crippen LogP contribution in [0.5, 0.6) is 0 Å². The lowest BCUT2D eigenvalue weighted by Crippen LogP contribution is -2.44. The molecule has 1 heterocycles. The van der Waals surface area contributed by atoms with Crippen LogP contribution in [0.1, 0.15) is 12.8 Å². The van der Waals surface area contributed by atoms with Crippen molar-refractivity contribution in [1.29, 1.82) is 5.26 Å². The summed E-state index contributed by atoms with van der Waals surface area (Å²) in [5, 5.41) is 9.18. The predicted molar refractivity (Wildman–Crippen MR) is 76.2 cm³/mol. The summed E-state index contributed by atoms with van der Waals surface area (Å²) >= 11 is 1.41. The van der Waals surface area contributed by atoms with Gasteiger partial charge >= 0.3 is 0 Å². The minimum Gasteiger partial charge on any atom is -0.207 e. The zero-order chi connectivity index (χ0) is 15.7. The second-order valence-corrected chi connectivity index (χ2v) is 7.92. The summed E-state index contributed by atoms with van der Waals surface area (Å²) in [6.07, 6.45) is 2.64. The van der Waals surface area contributed by atoms with E-state index in [4.69, 9.17) is 0 Å². The number of thioether (sulfide) groups is 1. The molecule has 0 aromatic heterocycles. The van der Waals surface area contributed by atoms with Gasteiger partial charge in [0, 0.05) is 13.1 Å². The molecule has 0 spiro atoms. The van der Waals surface area contributed by atoms with Gasteiger partial charge < -0.3 is 0 Å². The highest BCUT2D eigenvalue weighted by Gasteiger charge is 2.38. The third kappa shape index (κ3) is 3.05. The van der Waals surface area contributed by atoms with Crippen LogP contribution in [0.2, 0.25) is 0 Å². The first-order valence-electron chi connectivity index (χ1n) is 6.26. The fraction of sp³-hybridized carbons (Fsp3) is 0.462. The van der Waals surface area contributed by atoms with Crippen molar-refractivity contribution in [1.82, 2.24) is 4.31 Å². The molecule has 1 fully saturated rings. The third-order valence-corrected chi connectivity index (χ3v) is 6.83. The second kappa shape index (κ2) is 5.91. The van der Waals surface area contributed by atoms with Gasteiger partial charge in [0.2, 0.25) is 10.0 Å². The molecular weight excluding hydrogens is 318 g/mol. The van der Waals surface area contributed by atoms with Gasteiger partial charge in [-0.15, -0.1) is 11.8 Å². The molecule has 0 unspecified atom stereocenters. The molecule has 1 aliphatic heterocycles. The number of piperidine rings is 1. The minimum atomic E-state index is -3.86. The summed E-state index contributed by atoms with van der Waals surface area (Å²) in [4.78, 5) is -0.269. The molecule has 0 bridgehead atoms. The number of benzene rings is 1. The van der Waals surface area contributed by atoms with Crippen LogP contribution in [0.25, 0.3) is 0 Å². The molecular formula is C13H14F2N2O2S2. The maximum atomic E-state index is 13.2. The summed E-state index contributed by atoms with van der Waals surface area (Å²) in [7, 11) is -3.86. The second-order valence-electron chi connectivity index (χ2n) is 4.79. The Labute approximate surface area is 126 Å². The Bertz CT molecular complexity index is 678. The Hall–Kier alpha value is -1.17. The molecule has 114 valence electrons. The molecule has 2 rings (SSSR count). The molecule has 1 aromatic rings. The van der Waals surface area contributed by atoms with Crippen molar-refractivity contribution in [2.45, 2.75) is 22.5 Å². The minimum absolute atomic E-state index is 0.190. The Morgan fingerprint density at radius 1 is 1.29 bits per heavy atom. The van der Waals surface area contributed by atoms with Gasteiger partial charge in [-0.25, -0.2) is 17.2 Å². The molecule has 8 heteroatoms. The van der Waals surface area contributed by atoms with Crippen molar-refractivity contribution in [2.75, 3.05) is 19.3 Å². The topological polar surface area (TPSA) is 61.2 Å². The van der Waals surface area contributed by atoms with Crippen molar-refractivity contribution >= 4 is 21.8 Å². The molecule has 1 saturated heterocycles. The number of hydrogen-bond donors (Lipinski definition) is 0. The van der Waals surface area contributed by atoms with Crippen LogP contribution in [0.15, 0.2) is 23.1 Å². The monoisotopic (exact) mass is 332 g/mol. The Balaban J connectivity index is 2.23. The van der Waals surface area contributed by atoms with Gasteiger partial charge in [0.1, 0.15) is 4.75 Å². The maximum Gasteiger partial charge on any atom is 0.243 e. The molecule has 0 atom stereocenters. The highest BCUT2D eigenvalue weighted by molar-refractivity contribution is 8.00. The molecule has 0 amide bonds. The number of rotatable bonds is 3. The van der Waals surface area contributed by atoms with Crippen molar-refractivity contribution in [2.24, 2.45) is 0 Å². The standard InChI is InChI=1S/C13H14F2N2O2S2/c1-20-13(9-16)4-6-17(7-5-13)21(18,19)10-2-3-11(14)12(15)8-10/h2-3,8H,4-7H2,1H3. The van der Waals surface area contributed by atoms with E-state index in [2.05, 4.69) is 6.07 Å². The number of nitrogens with zero attached hydrogens (tertiary/aromatic N) is 2. The summed E-state index contributed by atoms with van der Waals surface area (Å²) in [6, 6.07) is 4.76. The first-order chi connectivity index (χ1) is 9.84. The van der Waals surface area contributed by atoms with E-state index in [-0.39, 0.29) is 18.0 Å². The fourth-order valence-corrected chi connectivity index (χ4v) is 4.37. The average Bonchev–Trinajstić information content (AvgIpc) is 2.50. The van der Waals surface area contributed by atoms with Crippen LogP contribution in [-0.4, -0.2) is 36.8 Å². The summed E-state index contributed by atoms with van der Waals surface area (Å²) in [5.41, 5.74) is 0. The Morgan fingerprint density at radius 3 is 2.38 bits per heavy atom. The van der Waals surface area contributed by atoms with Crippen molar-refractivity contribution in [3.8, 4) is 6.07 Å². The molecule has 0 N–H and O–H groups in total. The highest BCUT2D eigenvalue weighted by atomic mass is 32.2. The molecule has 1 aliphatic rings. The van der Waals surface area contributed by atoms with Gasteiger partial charge in [0.15, 0.2) is 11.6 Å². The van der Waals surface area contributed by atoms with E-state index in [0.29, 0.717) is 18.9 Å². The quantitative estimate of drug-likeness (QED) is 0.852. The number of hydrogen-bond acceptors (Lipinski definition) is 4. The molecule has 0 aliphatic carbocycles. The molecule has 0 saturated carbocycles. The summed E-state index contributed by atoms with van der Waals surface area (Å²) in [6.45, 7) is 0.380. The molecule has 0 radical (unpaired) electrons. The van der Waals surface area contributed by atoms with E-state index in [1.165, 1.54) is 16.1 Å². The number of halogens is 2. The van der Waals surface area contributed by atoms with E-state index in [0.717, 1.165) is 12.1 Å². The Morgan fingerprint density at radius 2 is 1.90 bits per heavy atom. The maximum absolute atomic E-state index is 13.2. The SMILES string of the molecule is CSC1(C#N)CCN(S(=O)(=O)c2ccc(F)c(F)c2)CC1. The lowest BCUT2D eigenvalue weighted by molar-refractivity contribution is 0.327. The van der Waals surface area contributed by atoms with Crippen molar-refractivity contribution in [3.05, 3.63) is 29.8 Å². The van der Waals surface area contributed by atoms with Crippen LogP contribution in [0, 0.1) is 23.0 Å². The van der Waals surface area contributed by atoms with Crippen LogP contribution in [-0.2, 0) is 10.0 Å². The van der Waals surface area contributed by atoms with Crippen LogP contribution < -0.4 is 0 Å². The Kier molecular flexibility index (Phi) is 4.56. The normalized spacial score (nSPS) is 19.1. The van der Waals surface area contributed by atoms with Gasteiger partial charge in [-0.3, -0.25) is 0 Å². The zero-order valence-corrected chi connectivity index (χ0v) is 13.0. The molecule has 4 nitrogen and oxygen atoms in total. The highest BCUT2D eigenvalue weighted by Crippen LogP contribution is 2.35. The summed E-state index contributed by atoms with van der Waals surface area (Å²) < 4.78 is 51.5. The first kappa shape index (κ1) is 16.2. The van der Waals surface area contributed by atoms with Crippen LogP contribution >= 0.6 is 11.8 Å². The van der Waals surface area contributed by atoms with E-state index >= 15 is 0 Å². The summed E-state index contributed by atoms with van der Waals surface area (Å²) in [5.74, 6) is -2.28. The lowest BCUT2D eigenvalue weighted by Gasteiger charge is -2.35.